The highest BCUT2D eigenvalue weighted by atomic mass is 32.2. The lowest BCUT2D eigenvalue weighted by molar-refractivity contribution is -0.138. The van der Waals surface area contributed by atoms with Crippen LogP contribution >= 0.6 is 0 Å². The van der Waals surface area contributed by atoms with Crippen LogP contribution in [-0.2, 0) is 26.0 Å². The number of rotatable bonds is 14. The number of benzene rings is 3. The molecule has 1 atom stereocenters. The van der Waals surface area contributed by atoms with Gasteiger partial charge in [-0.15, -0.1) is 0 Å². The summed E-state index contributed by atoms with van der Waals surface area (Å²) in [6.07, 6.45) is 2.28. The van der Waals surface area contributed by atoms with E-state index >= 15 is 0 Å². The van der Waals surface area contributed by atoms with E-state index in [9.17, 15) is 18.0 Å². The minimum atomic E-state index is -4.09. The average Bonchev–Trinajstić information content (AvgIpc) is 2.97. The second-order valence-corrected chi connectivity index (χ2v) is 11.0. The summed E-state index contributed by atoms with van der Waals surface area (Å²) in [4.78, 5) is 28.3. The van der Waals surface area contributed by atoms with Gasteiger partial charge < -0.3 is 15.0 Å². The molecule has 3 rings (SSSR count). The van der Waals surface area contributed by atoms with Crippen LogP contribution in [0.5, 0.6) is 5.75 Å². The quantitative estimate of drug-likeness (QED) is 0.302. The third-order valence-corrected chi connectivity index (χ3v) is 8.24. The molecular formula is C30H37N3O5S. The van der Waals surface area contributed by atoms with Crippen LogP contribution in [0.25, 0.3) is 0 Å². The van der Waals surface area contributed by atoms with Crippen LogP contribution in [0, 0.1) is 0 Å². The molecule has 0 saturated carbocycles. The Kier molecular flexibility index (Phi) is 10.9. The molecule has 8 nitrogen and oxygen atoms in total. The van der Waals surface area contributed by atoms with Crippen molar-refractivity contribution in [1.29, 1.82) is 0 Å². The molecule has 0 unspecified atom stereocenters. The first-order valence-electron chi connectivity index (χ1n) is 13.1. The molecule has 2 amide bonds. The van der Waals surface area contributed by atoms with Crippen LogP contribution in [0.4, 0.5) is 5.69 Å². The number of methoxy groups -OCH3 is 1. The lowest BCUT2D eigenvalue weighted by atomic mass is 10.1. The molecule has 3 aromatic carbocycles. The van der Waals surface area contributed by atoms with Crippen LogP contribution in [-0.4, -0.2) is 57.9 Å². The molecule has 0 heterocycles. The highest BCUT2D eigenvalue weighted by molar-refractivity contribution is 7.92. The van der Waals surface area contributed by atoms with Crippen molar-refractivity contribution >= 4 is 27.5 Å². The van der Waals surface area contributed by atoms with E-state index in [0.717, 1.165) is 22.7 Å². The van der Waals surface area contributed by atoms with E-state index in [4.69, 9.17) is 4.74 Å². The fourth-order valence-corrected chi connectivity index (χ4v) is 5.54. The Bertz CT molecular complexity index is 1300. The van der Waals surface area contributed by atoms with Gasteiger partial charge in [-0.25, -0.2) is 8.42 Å². The largest absolute Gasteiger partial charge is 0.497 e. The molecular weight excluding hydrogens is 514 g/mol. The van der Waals surface area contributed by atoms with Gasteiger partial charge in [0.15, 0.2) is 0 Å². The monoisotopic (exact) mass is 551 g/mol. The van der Waals surface area contributed by atoms with E-state index in [2.05, 4.69) is 5.32 Å². The Morgan fingerprint density at radius 1 is 0.923 bits per heavy atom. The minimum Gasteiger partial charge on any atom is -0.497 e. The van der Waals surface area contributed by atoms with Gasteiger partial charge in [-0.2, -0.15) is 0 Å². The number of carbonyl (C=O) groups excluding carboxylic acids is 2. The zero-order valence-corrected chi connectivity index (χ0v) is 23.6. The Labute approximate surface area is 231 Å². The molecule has 0 saturated heterocycles. The van der Waals surface area contributed by atoms with Crippen molar-refractivity contribution in [1.82, 2.24) is 10.2 Å². The van der Waals surface area contributed by atoms with Gasteiger partial charge in [0.1, 0.15) is 18.3 Å². The van der Waals surface area contributed by atoms with Crippen molar-refractivity contribution < 1.29 is 22.7 Å². The molecule has 0 aliphatic heterocycles. The summed E-state index contributed by atoms with van der Waals surface area (Å²) in [6.45, 7) is 4.01. The van der Waals surface area contributed by atoms with Crippen LogP contribution in [0.3, 0.4) is 0 Å². The number of nitrogens with one attached hydrogen (secondary N) is 1. The lowest BCUT2D eigenvalue weighted by Gasteiger charge is -2.32. The minimum absolute atomic E-state index is 0.0646. The zero-order chi connectivity index (χ0) is 28.3. The van der Waals surface area contributed by atoms with Crippen LogP contribution in [0.15, 0.2) is 89.8 Å². The first kappa shape index (κ1) is 29.7. The van der Waals surface area contributed by atoms with Gasteiger partial charge in [0.25, 0.3) is 10.0 Å². The average molecular weight is 552 g/mol. The Morgan fingerprint density at radius 2 is 1.54 bits per heavy atom. The SMILES string of the molecule is CCCCNC(=O)[C@H](C)N(CCc1ccccc1)C(=O)CN(c1ccc(OC)cc1)S(=O)(=O)c1ccccc1. The summed E-state index contributed by atoms with van der Waals surface area (Å²) in [5, 5.41) is 2.89. The second-order valence-electron chi connectivity index (χ2n) is 9.17. The molecule has 3 aromatic rings. The molecule has 0 spiro atoms. The number of hydrogen-bond acceptors (Lipinski definition) is 5. The van der Waals surface area contributed by atoms with Gasteiger partial charge in [0, 0.05) is 13.1 Å². The van der Waals surface area contributed by atoms with Crippen molar-refractivity contribution in [2.24, 2.45) is 0 Å². The van der Waals surface area contributed by atoms with Crippen LogP contribution < -0.4 is 14.4 Å². The van der Waals surface area contributed by atoms with Gasteiger partial charge >= 0.3 is 0 Å². The number of ether oxygens (including phenoxy) is 1. The number of sulfonamides is 1. The highest BCUT2D eigenvalue weighted by Gasteiger charge is 2.32. The van der Waals surface area contributed by atoms with Gasteiger partial charge in [-0.3, -0.25) is 13.9 Å². The lowest BCUT2D eigenvalue weighted by Crippen LogP contribution is -2.52. The van der Waals surface area contributed by atoms with E-state index in [0.29, 0.717) is 24.4 Å². The van der Waals surface area contributed by atoms with E-state index in [1.54, 1.807) is 49.4 Å². The summed E-state index contributed by atoms with van der Waals surface area (Å²) in [7, 11) is -2.57. The van der Waals surface area contributed by atoms with Gasteiger partial charge in [0.2, 0.25) is 11.8 Å². The first-order chi connectivity index (χ1) is 18.8. The summed E-state index contributed by atoms with van der Waals surface area (Å²) in [6, 6.07) is 23.3. The number of anilines is 1. The van der Waals surface area contributed by atoms with Crippen molar-refractivity contribution in [3.8, 4) is 5.75 Å². The predicted molar refractivity (Wildman–Crippen MR) is 153 cm³/mol. The van der Waals surface area contributed by atoms with Crippen molar-refractivity contribution in [2.45, 2.75) is 44.0 Å². The summed E-state index contributed by atoms with van der Waals surface area (Å²) in [5.41, 5.74) is 1.33. The molecule has 39 heavy (non-hydrogen) atoms. The van der Waals surface area contributed by atoms with Crippen LogP contribution in [0.2, 0.25) is 0 Å². The first-order valence-corrected chi connectivity index (χ1v) is 14.5. The molecule has 0 fully saturated rings. The highest BCUT2D eigenvalue weighted by Crippen LogP contribution is 2.26. The second kappa shape index (κ2) is 14.3. The number of unbranched alkanes of at least 4 members (excludes halogenated alkanes) is 1. The van der Waals surface area contributed by atoms with E-state index in [-0.39, 0.29) is 17.3 Å². The summed E-state index contributed by atoms with van der Waals surface area (Å²) in [5.74, 6) is -0.185. The third-order valence-electron chi connectivity index (χ3n) is 6.45. The standard InChI is InChI=1S/C30H37N3O5S/c1-4-5-21-31-30(35)24(2)32(22-20-25-12-8-6-9-13-25)29(34)23-33(26-16-18-27(38-3)19-17-26)39(36,37)28-14-10-7-11-15-28/h6-19,24H,4-5,20-23H2,1-3H3,(H,31,35)/t24-/m0/s1. The molecule has 0 aromatic heterocycles. The maximum absolute atomic E-state index is 13.8. The Balaban J connectivity index is 1.93. The topological polar surface area (TPSA) is 96.0 Å². The molecule has 1 N–H and O–H groups in total. The molecule has 208 valence electrons. The molecule has 0 bridgehead atoms. The zero-order valence-electron chi connectivity index (χ0n) is 22.7. The van der Waals surface area contributed by atoms with E-state index in [1.165, 1.54) is 24.1 Å². The Hall–Kier alpha value is -3.85. The van der Waals surface area contributed by atoms with Crippen LogP contribution in [0.1, 0.15) is 32.3 Å². The third kappa shape index (κ3) is 8.07. The van der Waals surface area contributed by atoms with Crippen molar-refractivity contribution in [3.05, 3.63) is 90.5 Å². The fourth-order valence-electron chi connectivity index (χ4n) is 4.10. The molecule has 0 aliphatic rings. The number of hydrogen-bond donors (Lipinski definition) is 1. The normalized spacial score (nSPS) is 11.9. The molecule has 9 heteroatoms. The van der Waals surface area contributed by atoms with E-state index < -0.39 is 28.5 Å². The number of carbonyl (C=O) groups is 2. The van der Waals surface area contributed by atoms with Gasteiger partial charge in [0.05, 0.1) is 17.7 Å². The van der Waals surface area contributed by atoms with Crippen molar-refractivity contribution in [2.75, 3.05) is 31.0 Å². The predicted octanol–water partition coefficient (Wildman–Crippen LogP) is 4.27. The van der Waals surface area contributed by atoms with Crippen molar-refractivity contribution in [3.63, 3.8) is 0 Å². The fraction of sp³-hybridized carbons (Fsp3) is 0.333. The molecule has 0 radical (unpaired) electrons. The number of amides is 2. The Morgan fingerprint density at radius 3 is 2.13 bits per heavy atom. The number of nitrogens with zero attached hydrogens (tertiary/aromatic N) is 2. The van der Waals surface area contributed by atoms with Gasteiger partial charge in [-0.05, 0) is 61.7 Å². The van der Waals surface area contributed by atoms with E-state index in [1.807, 2.05) is 37.3 Å². The summed E-state index contributed by atoms with van der Waals surface area (Å²) < 4.78 is 33.8. The maximum Gasteiger partial charge on any atom is 0.264 e. The maximum atomic E-state index is 13.8. The smallest absolute Gasteiger partial charge is 0.264 e. The van der Waals surface area contributed by atoms with Gasteiger partial charge in [-0.1, -0.05) is 61.9 Å². The summed E-state index contributed by atoms with van der Waals surface area (Å²) >= 11 is 0. The molecule has 0 aliphatic carbocycles.